The zero-order valence-corrected chi connectivity index (χ0v) is 15.3. The van der Waals surface area contributed by atoms with E-state index in [1.165, 1.54) is 0 Å². The molecule has 0 saturated carbocycles. The monoisotopic (exact) mass is 365 g/mol. The summed E-state index contributed by atoms with van der Waals surface area (Å²) in [4.78, 5) is 27.2. The van der Waals surface area contributed by atoms with Crippen LogP contribution >= 0.6 is 0 Å². The van der Waals surface area contributed by atoms with Gasteiger partial charge < -0.3 is 20.3 Å². The van der Waals surface area contributed by atoms with Crippen LogP contribution in [0.4, 0.5) is 11.4 Å². The van der Waals surface area contributed by atoms with Crippen molar-refractivity contribution in [2.24, 2.45) is 0 Å². The first-order valence-electron chi connectivity index (χ1n) is 9.27. The van der Waals surface area contributed by atoms with Crippen molar-refractivity contribution in [1.29, 1.82) is 0 Å². The summed E-state index contributed by atoms with van der Waals surface area (Å²) < 4.78 is 5.75. The maximum absolute atomic E-state index is 12.7. The zero-order chi connectivity index (χ0) is 18.9. The summed E-state index contributed by atoms with van der Waals surface area (Å²) in [5.41, 5.74) is 1.07. The summed E-state index contributed by atoms with van der Waals surface area (Å²) in [6.45, 7) is 2.80. The molecule has 1 fully saturated rings. The number of anilines is 2. The number of fused-ring (bicyclic) bond motifs is 1. The molecular weight excluding hydrogens is 342 g/mol. The number of carbonyl (C=O) groups is 2. The molecule has 6 heteroatoms. The molecule has 2 amide bonds. The summed E-state index contributed by atoms with van der Waals surface area (Å²) in [5.74, 6) is 0.601. The van der Waals surface area contributed by atoms with Crippen molar-refractivity contribution in [2.75, 3.05) is 23.7 Å². The van der Waals surface area contributed by atoms with E-state index in [0.717, 1.165) is 11.4 Å². The van der Waals surface area contributed by atoms with Gasteiger partial charge in [-0.3, -0.25) is 9.59 Å². The van der Waals surface area contributed by atoms with Gasteiger partial charge in [0.1, 0.15) is 11.3 Å². The molecule has 1 saturated heterocycles. The fourth-order valence-corrected chi connectivity index (χ4v) is 3.73. The molecule has 4 rings (SSSR count). The third kappa shape index (κ3) is 3.35. The number of ether oxygens (including phenoxy) is 1. The van der Waals surface area contributed by atoms with E-state index in [4.69, 9.17) is 4.74 Å². The number of carbonyl (C=O) groups excluding carboxylic acids is 2. The molecule has 0 aliphatic carbocycles. The minimum atomic E-state index is -0.658. The van der Waals surface area contributed by atoms with Crippen LogP contribution in [-0.4, -0.2) is 41.4 Å². The van der Waals surface area contributed by atoms with Crippen LogP contribution in [0.2, 0.25) is 0 Å². The molecule has 27 heavy (non-hydrogen) atoms. The molecule has 1 spiro atoms. The van der Waals surface area contributed by atoms with Gasteiger partial charge in [0.15, 0.2) is 6.10 Å². The lowest BCUT2D eigenvalue weighted by Gasteiger charge is -2.44. The summed E-state index contributed by atoms with van der Waals surface area (Å²) >= 11 is 0. The highest BCUT2D eigenvalue weighted by Gasteiger charge is 2.45. The second kappa shape index (κ2) is 6.95. The smallest absolute Gasteiger partial charge is 0.263 e. The largest absolute Gasteiger partial charge is 0.481 e. The highest BCUT2D eigenvalue weighted by Crippen LogP contribution is 2.36. The highest BCUT2D eigenvalue weighted by atomic mass is 16.5. The Morgan fingerprint density at radius 1 is 1.04 bits per heavy atom. The second-order valence-electron chi connectivity index (χ2n) is 7.11. The molecule has 0 radical (unpaired) electrons. The fourth-order valence-electron chi connectivity index (χ4n) is 3.73. The molecule has 2 aromatic rings. The van der Waals surface area contributed by atoms with E-state index in [1.54, 1.807) is 11.8 Å². The van der Waals surface area contributed by atoms with E-state index in [2.05, 4.69) is 10.6 Å². The molecular formula is C21H23N3O3. The molecule has 2 heterocycles. The molecule has 2 aliphatic heterocycles. The van der Waals surface area contributed by atoms with E-state index < -0.39 is 11.6 Å². The van der Waals surface area contributed by atoms with E-state index in [-0.39, 0.29) is 11.8 Å². The SMILES string of the molecule is C[C@H](Oc1ccccc1)C(=O)N1CCC2(CC1)Nc1ccccc1NC2=O. The number of hydrogen-bond donors (Lipinski definition) is 2. The fraction of sp³-hybridized carbons (Fsp3) is 0.333. The first kappa shape index (κ1) is 17.4. The number of amides is 2. The molecule has 0 unspecified atom stereocenters. The minimum absolute atomic E-state index is 0.0260. The second-order valence-corrected chi connectivity index (χ2v) is 7.11. The number of rotatable bonds is 3. The third-order valence-corrected chi connectivity index (χ3v) is 5.32. The van der Waals surface area contributed by atoms with Crippen LogP contribution in [0, 0.1) is 0 Å². The Morgan fingerprint density at radius 3 is 2.37 bits per heavy atom. The van der Waals surface area contributed by atoms with Crippen LogP contribution in [-0.2, 0) is 9.59 Å². The number of benzene rings is 2. The van der Waals surface area contributed by atoms with Crippen LogP contribution in [0.1, 0.15) is 19.8 Å². The van der Waals surface area contributed by atoms with Gasteiger partial charge in [-0.05, 0) is 44.0 Å². The number of hydrogen-bond acceptors (Lipinski definition) is 4. The van der Waals surface area contributed by atoms with Crippen molar-refractivity contribution in [3.8, 4) is 5.75 Å². The third-order valence-electron chi connectivity index (χ3n) is 5.32. The van der Waals surface area contributed by atoms with Gasteiger partial charge in [-0.25, -0.2) is 0 Å². The number of likely N-dealkylation sites (tertiary alicyclic amines) is 1. The highest BCUT2D eigenvalue weighted by molar-refractivity contribution is 6.06. The predicted octanol–water partition coefficient (Wildman–Crippen LogP) is 2.88. The van der Waals surface area contributed by atoms with Crippen molar-refractivity contribution < 1.29 is 14.3 Å². The van der Waals surface area contributed by atoms with Crippen LogP contribution in [0.3, 0.4) is 0 Å². The van der Waals surface area contributed by atoms with Crippen molar-refractivity contribution >= 4 is 23.2 Å². The zero-order valence-electron chi connectivity index (χ0n) is 15.3. The quantitative estimate of drug-likeness (QED) is 0.877. The topological polar surface area (TPSA) is 70.7 Å². The number of nitrogens with one attached hydrogen (secondary N) is 2. The van der Waals surface area contributed by atoms with Crippen molar-refractivity contribution in [2.45, 2.75) is 31.4 Å². The van der Waals surface area contributed by atoms with E-state index in [9.17, 15) is 9.59 Å². The molecule has 2 aliphatic rings. The normalized spacial score (nSPS) is 18.9. The first-order valence-corrected chi connectivity index (χ1v) is 9.27. The minimum Gasteiger partial charge on any atom is -0.481 e. The van der Waals surface area contributed by atoms with Crippen LogP contribution < -0.4 is 15.4 Å². The first-order chi connectivity index (χ1) is 13.1. The number of para-hydroxylation sites is 3. The number of nitrogens with zero attached hydrogens (tertiary/aromatic N) is 1. The summed E-state index contributed by atoms with van der Waals surface area (Å²) in [7, 11) is 0. The molecule has 2 aromatic carbocycles. The lowest BCUT2D eigenvalue weighted by Crippen LogP contribution is -2.59. The van der Waals surface area contributed by atoms with Crippen molar-refractivity contribution in [3.05, 3.63) is 54.6 Å². The van der Waals surface area contributed by atoms with Crippen LogP contribution in [0.25, 0.3) is 0 Å². The molecule has 2 N–H and O–H groups in total. The van der Waals surface area contributed by atoms with Gasteiger partial charge in [0, 0.05) is 13.1 Å². The van der Waals surface area contributed by atoms with Gasteiger partial charge in [0.05, 0.1) is 11.4 Å². The molecule has 140 valence electrons. The standard InChI is InChI=1S/C21H23N3O3/c1-15(27-16-7-3-2-4-8-16)19(25)24-13-11-21(12-14-24)20(26)22-17-9-5-6-10-18(17)23-21/h2-10,15,23H,11-14H2,1H3,(H,22,26)/t15-/m0/s1. The molecule has 6 nitrogen and oxygen atoms in total. The van der Waals surface area contributed by atoms with Gasteiger partial charge >= 0.3 is 0 Å². The lowest BCUT2D eigenvalue weighted by molar-refractivity contribution is -0.140. The predicted molar refractivity (Wildman–Crippen MR) is 104 cm³/mol. The summed E-state index contributed by atoms with van der Waals surface area (Å²) in [6, 6.07) is 17.0. The van der Waals surface area contributed by atoms with Crippen molar-refractivity contribution in [3.63, 3.8) is 0 Å². The maximum Gasteiger partial charge on any atom is 0.263 e. The summed E-state index contributed by atoms with van der Waals surface area (Å²) in [6.07, 6.45) is 0.573. The molecule has 1 atom stereocenters. The van der Waals surface area contributed by atoms with Crippen LogP contribution in [0.5, 0.6) is 5.75 Å². The molecule has 0 bridgehead atoms. The Hall–Kier alpha value is -3.02. The van der Waals surface area contributed by atoms with Gasteiger partial charge in [0.2, 0.25) is 5.91 Å². The Kier molecular flexibility index (Phi) is 4.48. The van der Waals surface area contributed by atoms with Gasteiger partial charge in [-0.15, -0.1) is 0 Å². The van der Waals surface area contributed by atoms with Gasteiger partial charge in [-0.2, -0.15) is 0 Å². The molecule has 0 aromatic heterocycles. The Balaban J connectivity index is 1.40. The maximum atomic E-state index is 12.7. The Bertz CT molecular complexity index is 845. The lowest BCUT2D eigenvalue weighted by atomic mass is 9.84. The van der Waals surface area contributed by atoms with E-state index in [1.807, 2.05) is 54.6 Å². The van der Waals surface area contributed by atoms with Crippen LogP contribution in [0.15, 0.2) is 54.6 Å². The van der Waals surface area contributed by atoms with Gasteiger partial charge in [-0.1, -0.05) is 30.3 Å². The Morgan fingerprint density at radius 2 is 1.67 bits per heavy atom. The van der Waals surface area contributed by atoms with E-state index in [0.29, 0.717) is 31.7 Å². The van der Waals surface area contributed by atoms with Gasteiger partial charge in [0.25, 0.3) is 5.91 Å². The van der Waals surface area contributed by atoms with E-state index >= 15 is 0 Å². The average Bonchev–Trinajstić information content (AvgIpc) is 2.70. The van der Waals surface area contributed by atoms with Crippen molar-refractivity contribution in [1.82, 2.24) is 4.90 Å². The Labute approximate surface area is 158 Å². The average molecular weight is 365 g/mol. The summed E-state index contributed by atoms with van der Waals surface area (Å²) in [5, 5.41) is 6.40. The number of piperidine rings is 1.